The molecule has 4 fully saturated rings. The van der Waals surface area contributed by atoms with Crippen LogP contribution in [0.5, 0.6) is 0 Å². The Balaban J connectivity index is 1.22. The summed E-state index contributed by atoms with van der Waals surface area (Å²) in [4.78, 5) is 28.6. The molecule has 0 unspecified atom stereocenters. The van der Waals surface area contributed by atoms with Gasteiger partial charge in [-0.15, -0.1) is 11.3 Å². The highest BCUT2D eigenvalue weighted by molar-refractivity contribution is 7.13. The maximum atomic E-state index is 12.8. The van der Waals surface area contributed by atoms with Crippen LogP contribution in [-0.4, -0.2) is 23.3 Å². The summed E-state index contributed by atoms with van der Waals surface area (Å²) in [5.74, 6) is 2.57. The molecule has 1 heterocycles. The number of hydrogen-bond donors (Lipinski definition) is 2. The van der Waals surface area contributed by atoms with Gasteiger partial charge in [0.05, 0.1) is 0 Å². The van der Waals surface area contributed by atoms with Gasteiger partial charge in [0, 0.05) is 30.0 Å². The van der Waals surface area contributed by atoms with E-state index in [2.05, 4.69) is 15.6 Å². The first-order valence-electron chi connectivity index (χ1n) is 9.11. The summed E-state index contributed by atoms with van der Waals surface area (Å²) in [5, 5.41) is 8.37. The lowest BCUT2D eigenvalue weighted by Crippen LogP contribution is -2.53. The molecule has 4 saturated carbocycles. The molecule has 2 amide bonds. The SMILES string of the molecule is O=C(CCCNC(=O)C12CC3CC(CC(C3)C1)C2)Nc1nccs1. The smallest absolute Gasteiger partial charge is 0.226 e. The van der Waals surface area contributed by atoms with E-state index in [-0.39, 0.29) is 17.2 Å². The Bertz CT molecular complexity index is 579. The van der Waals surface area contributed by atoms with Gasteiger partial charge in [0.2, 0.25) is 11.8 Å². The molecule has 24 heavy (non-hydrogen) atoms. The van der Waals surface area contributed by atoms with Crippen LogP contribution in [0.4, 0.5) is 5.13 Å². The Morgan fingerprint density at radius 3 is 2.42 bits per heavy atom. The van der Waals surface area contributed by atoms with Crippen molar-refractivity contribution in [2.24, 2.45) is 23.2 Å². The number of hydrogen-bond acceptors (Lipinski definition) is 4. The maximum Gasteiger partial charge on any atom is 0.226 e. The molecule has 0 aliphatic heterocycles. The summed E-state index contributed by atoms with van der Waals surface area (Å²) < 4.78 is 0. The normalized spacial score (nSPS) is 33.4. The lowest BCUT2D eigenvalue weighted by Gasteiger charge is -2.55. The number of nitrogens with one attached hydrogen (secondary N) is 2. The van der Waals surface area contributed by atoms with Gasteiger partial charge < -0.3 is 10.6 Å². The molecule has 0 atom stereocenters. The molecular weight excluding hydrogens is 322 g/mol. The summed E-state index contributed by atoms with van der Waals surface area (Å²) in [7, 11) is 0. The van der Waals surface area contributed by atoms with Gasteiger partial charge in [0.15, 0.2) is 5.13 Å². The quantitative estimate of drug-likeness (QED) is 0.776. The predicted molar refractivity (Wildman–Crippen MR) is 93.6 cm³/mol. The Morgan fingerprint density at radius 1 is 1.17 bits per heavy atom. The van der Waals surface area contributed by atoms with Crippen LogP contribution >= 0.6 is 11.3 Å². The number of anilines is 1. The van der Waals surface area contributed by atoms with E-state index >= 15 is 0 Å². The fourth-order valence-corrected chi connectivity index (χ4v) is 6.04. The number of nitrogens with zero attached hydrogens (tertiary/aromatic N) is 1. The second-order valence-electron chi connectivity index (χ2n) is 7.94. The second-order valence-corrected chi connectivity index (χ2v) is 8.84. The zero-order valence-electron chi connectivity index (χ0n) is 13.9. The summed E-state index contributed by atoms with van der Waals surface area (Å²) in [6.45, 7) is 0.589. The van der Waals surface area contributed by atoms with Gasteiger partial charge in [-0.3, -0.25) is 9.59 Å². The van der Waals surface area contributed by atoms with E-state index in [0.717, 1.165) is 37.0 Å². The van der Waals surface area contributed by atoms with E-state index in [0.29, 0.717) is 24.5 Å². The Labute approximate surface area is 146 Å². The fraction of sp³-hybridized carbons (Fsp3) is 0.722. The molecular formula is C18H25N3O2S. The van der Waals surface area contributed by atoms with Crippen molar-refractivity contribution in [2.75, 3.05) is 11.9 Å². The number of rotatable bonds is 6. The average molecular weight is 347 g/mol. The number of thiazole rings is 1. The Morgan fingerprint density at radius 2 is 1.83 bits per heavy atom. The first kappa shape index (κ1) is 16.1. The van der Waals surface area contributed by atoms with Gasteiger partial charge in [0.1, 0.15) is 0 Å². The van der Waals surface area contributed by atoms with E-state index in [1.54, 1.807) is 6.20 Å². The zero-order valence-corrected chi connectivity index (χ0v) is 14.7. The van der Waals surface area contributed by atoms with Crippen molar-refractivity contribution in [1.82, 2.24) is 10.3 Å². The van der Waals surface area contributed by atoms with Crippen molar-refractivity contribution < 1.29 is 9.59 Å². The van der Waals surface area contributed by atoms with Crippen LogP contribution in [0.1, 0.15) is 51.4 Å². The number of aromatic nitrogens is 1. The minimum Gasteiger partial charge on any atom is -0.356 e. The number of carbonyl (C=O) groups is 2. The van der Waals surface area contributed by atoms with Crippen molar-refractivity contribution in [3.05, 3.63) is 11.6 Å². The van der Waals surface area contributed by atoms with E-state index in [9.17, 15) is 9.59 Å². The summed E-state index contributed by atoms with van der Waals surface area (Å²) in [6.07, 6.45) is 10.1. The van der Waals surface area contributed by atoms with E-state index in [1.807, 2.05) is 5.38 Å². The third-order valence-electron chi connectivity index (χ3n) is 6.06. The minimum atomic E-state index is -0.0854. The highest BCUT2D eigenvalue weighted by atomic mass is 32.1. The van der Waals surface area contributed by atoms with E-state index in [4.69, 9.17) is 0 Å². The monoisotopic (exact) mass is 347 g/mol. The highest BCUT2D eigenvalue weighted by Crippen LogP contribution is 2.60. The van der Waals surface area contributed by atoms with Crippen LogP contribution in [0, 0.1) is 23.2 Å². The predicted octanol–water partition coefficient (Wildman–Crippen LogP) is 3.19. The molecule has 0 aromatic carbocycles. The molecule has 4 aliphatic rings. The molecule has 6 heteroatoms. The maximum absolute atomic E-state index is 12.8. The van der Waals surface area contributed by atoms with Crippen LogP contribution in [0.15, 0.2) is 11.6 Å². The molecule has 0 spiro atoms. The molecule has 1 aromatic rings. The van der Waals surface area contributed by atoms with Crippen molar-refractivity contribution in [3.63, 3.8) is 0 Å². The van der Waals surface area contributed by atoms with Crippen LogP contribution in [-0.2, 0) is 9.59 Å². The number of carbonyl (C=O) groups excluding carboxylic acids is 2. The lowest BCUT2D eigenvalue weighted by molar-refractivity contribution is -0.146. The summed E-state index contributed by atoms with van der Waals surface area (Å²) in [6, 6.07) is 0. The summed E-state index contributed by atoms with van der Waals surface area (Å²) in [5.41, 5.74) is -0.0854. The van der Waals surface area contributed by atoms with Gasteiger partial charge in [-0.05, 0) is 62.7 Å². The standard InChI is InChI=1S/C18H25N3O2S/c22-15(21-17-20-4-5-24-17)2-1-3-19-16(23)18-9-12-6-13(10-18)8-14(7-12)11-18/h4-5,12-14H,1-3,6-11H2,(H,19,23)(H,20,21,22). The van der Waals surface area contributed by atoms with Crippen LogP contribution in [0.2, 0.25) is 0 Å². The number of amides is 2. The van der Waals surface area contributed by atoms with E-state index in [1.165, 1.54) is 30.6 Å². The van der Waals surface area contributed by atoms with Crippen molar-refractivity contribution >= 4 is 28.3 Å². The molecule has 1 aromatic heterocycles. The van der Waals surface area contributed by atoms with Gasteiger partial charge in [0.25, 0.3) is 0 Å². The molecule has 0 radical (unpaired) electrons. The van der Waals surface area contributed by atoms with Crippen LogP contribution in [0.3, 0.4) is 0 Å². The molecule has 4 aliphatic carbocycles. The molecule has 5 rings (SSSR count). The van der Waals surface area contributed by atoms with E-state index < -0.39 is 0 Å². The Kier molecular flexibility index (Phi) is 4.33. The van der Waals surface area contributed by atoms with Gasteiger partial charge in [-0.2, -0.15) is 0 Å². The molecule has 5 nitrogen and oxygen atoms in total. The van der Waals surface area contributed by atoms with Crippen molar-refractivity contribution in [1.29, 1.82) is 0 Å². The third-order valence-corrected chi connectivity index (χ3v) is 6.75. The van der Waals surface area contributed by atoms with Gasteiger partial charge in [-0.1, -0.05) is 0 Å². The molecule has 130 valence electrons. The highest BCUT2D eigenvalue weighted by Gasteiger charge is 2.54. The lowest BCUT2D eigenvalue weighted by atomic mass is 9.49. The van der Waals surface area contributed by atoms with Crippen LogP contribution in [0.25, 0.3) is 0 Å². The molecule has 2 N–H and O–H groups in total. The van der Waals surface area contributed by atoms with Gasteiger partial charge in [-0.25, -0.2) is 4.98 Å². The molecule has 0 saturated heterocycles. The van der Waals surface area contributed by atoms with Gasteiger partial charge >= 0.3 is 0 Å². The fourth-order valence-electron chi connectivity index (χ4n) is 5.49. The minimum absolute atomic E-state index is 0.0333. The van der Waals surface area contributed by atoms with Crippen LogP contribution < -0.4 is 10.6 Å². The summed E-state index contributed by atoms with van der Waals surface area (Å²) >= 11 is 1.41. The van der Waals surface area contributed by atoms with Crippen molar-refractivity contribution in [3.8, 4) is 0 Å². The third kappa shape index (κ3) is 3.21. The topological polar surface area (TPSA) is 71.1 Å². The first-order valence-corrected chi connectivity index (χ1v) is 9.98. The largest absolute Gasteiger partial charge is 0.356 e. The Hall–Kier alpha value is -1.43. The molecule has 4 bridgehead atoms. The first-order chi connectivity index (χ1) is 11.6. The zero-order chi connectivity index (χ0) is 16.6. The second kappa shape index (κ2) is 6.47. The van der Waals surface area contributed by atoms with Crippen molar-refractivity contribution in [2.45, 2.75) is 51.4 Å². The average Bonchev–Trinajstić information content (AvgIpc) is 3.03.